The third kappa shape index (κ3) is 2.22. The highest BCUT2D eigenvalue weighted by Gasteiger charge is 2.45. The van der Waals surface area contributed by atoms with Crippen LogP contribution in [0.2, 0.25) is 0 Å². The van der Waals surface area contributed by atoms with Gasteiger partial charge in [-0.25, -0.2) is 9.24 Å². The van der Waals surface area contributed by atoms with Gasteiger partial charge in [-0.05, 0) is 47.2 Å². The Morgan fingerprint density at radius 2 is 2.09 bits per heavy atom. The van der Waals surface area contributed by atoms with E-state index in [4.69, 9.17) is 6.57 Å². The number of rotatable bonds is 1. The molecule has 3 nitrogen and oxygen atoms in total. The van der Waals surface area contributed by atoms with Crippen molar-refractivity contribution in [1.29, 1.82) is 0 Å². The lowest BCUT2D eigenvalue weighted by Crippen LogP contribution is -2.34. The molecule has 1 aliphatic carbocycles. The van der Waals surface area contributed by atoms with Crippen LogP contribution in [0, 0.1) is 16.0 Å². The molecule has 22 heavy (non-hydrogen) atoms. The first-order chi connectivity index (χ1) is 10.3. The summed E-state index contributed by atoms with van der Waals surface area (Å²) in [6, 6.07) is 3.95. The number of Topliss-reactive ketones (excluding diaryl/α,β-unsaturated/α-hetero) is 1. The fourth-order valence-electron chi connectivity index (χ4n) is 2.54. The molecule has 2 aromatic rings. The summed E-state index contributed by atoms with van der Waals surface area (Å²) in [6.07, 6.45) is 1.06. The van der Waals surface area contributed by atoms with Crippen molar-refractivity contribution in [2.45, 2.75) is 18.8 Å². The maximum atomic E-state index is 13.6. The summed E-state index contributed by atoms with van der Waals surface area (Å²) in [7, 11) is 0. The number of halogens is 4. The lowest BCUT2D eigenvalue weighted by molar-refractivity contribution is 0.00165. The van der Waals surface area contributed by atoms with E-state index in [0.29, 0.717) is 15.0 Å². The molecular formula is C15H8F3IN2O. The molecule has 7 heteroatoms. The molecule has 0 spiro atoms. The zero-order valence-corrected chi connectivity index (χ0v) is 13.2. The smallest absolute Gasteiger partial charge is 0.310 e. The van der Waals surface area contributed by atoms with Crippen LogP contribution in [0.4, 0.5) is 18.9 Å². The Kier molecular flexibility index (Phi) is 3.51. The van der Waals surface area contributed by atoms with Crippen molar-refractivity contribution < 1.29 is 18.0 Å². The number of hydrogen-bond acceptors (Lipinski definition) is 1. The van der Waals surface area contributed by atoms with Gasteiger partial charge < -0.3 is 4.57 Å². The van der Waals surface area contributed by atoms with Crippen LogP contribution < -0.4 is 0 Å². The maximum absolute atomic E-state index is 13.6. The zero-order chi connectivity index (χ0) is 16.1. The van der Waals surface area contributed by atoms with Gasteiger partial charge in [0.1, 0.15) is 5.82 Å². The molecule has 0 radical (unpaired) electrons. The van der Waals surface area contributed by atoms with Gasteiger partial charge in [-0.3, -0.25) is 4.79 Å². The SMILES string of the molecule is [C-]#[N+]c1cc(-n2cc(I)c3c2CCC(F)(F)C3=O)ccc1F. The van der Waals surface area contributed by atoms with Gasteiger partial charge in [0, 0.05) is 27.6 Å². The lowest BCUT2D eigenvalue weighted by atomic mass is 9.93. The second kappa shape index (κ2) is 5.12. The van der Waals surface area contributed by atoms with E-state index in [0.717, 1.165) is 6.07 Å². The van der Waals surface area contributed by atoms with Crippen molar-refractivity contribution in [3.05, 3.63) is 56.5 Å². The third-order valence-electron chi connectivity index (χ3n) is 3.62. The van der Waals surface area contributed by atoms with Crippen molar-refractivity contribution in [3.63, 3.8) is 0 Å². The molecule has 1 aliphatic rings. The van der Waals surface area contributed by atoms with Crippen molar-refractivity contribution in [2.75, 3.05) is 0 Å². The molecule has 0 unspecified atom stereocenters. The summed E-state index contributed by atoms with van der Waals surface area (Å²) < 4.78 is 42.6. The lowest BCUT2D eigenvalue weighted by Gasteiger charge is -2.22. The van der Waals surface area contributed by atoms with Gasteiger partial charge in [-0.1, -0.05) is 0 Å². The second-order valence-electron chi connectivity index (χ2n) is 4.95. The number of carbonyl (C=O) groups excluding carboxylic acids is 1. The molecule has 1 heterocycles. The van der Waals surface area contributed by atoms with E-state index >= 15 is 0 Å². The Bertz CT molecular complexity index is 836. The number of benzene rings is 1. The van der Waals surface area contributed by atoms with Crippen LogP contribution >= 0.6 is 22.6 Å². The van der Waals surface area contributed by atoms with Gasteiger partial charge in [0.15, 0.2) is 0 Å². The Balaban J connectivity index is 2.18. The molecule has 0 bridgehead atoms. The fraction of sp³-hybridized carbons (Fsp3) is 0.200. The highest BCUT2D eigenvalue weighted by molar-refractivity contribution is 14.1. The number of fused-ring (bicyclic) bond motifs is 1. The van der Waals surface area contributed by atoms with Crippen LogP contribution in [0.5, 0.6) is 0 Å². The molecule has 0 N–H and O–H groups in total. The van der Waals surface area contributed by atoms with Crippen LogP contribution in [-0.2, 0) is 6.42 Å². The number of aromatic nitrogens is 1. The maximum Gasteiger partial charge on any atom is 0.310 e. The monoisotopic (exact) mass is 416 g/mol. The highest BCUT2D eigenvalue weighted by atomic mass is 127. The summed E-state index contributed by atoms with van der Waals surface area (Å²) >= 11 is 1.84. The molecule has 0 atom stereocenters. The Morgan fingerprint density at radius 3 is 2.77 bits per heavy atom. The Hall–Kier alpha value is -1.82. The fourth-order valence-corrected chi connectivity index (χ4v) is 3.37. The largest absolute Gasteiger partial charge is 0.320 e. The average molecular weight is 416 g/mol. The van der Waals surface area contributed by atoms with Crippen LogP contribution in [0.3, 0.4) is 0 Å². The topological polar surface area (TPSA) is 26.4 Å². The molecule has 0 saturated heterocycles. The van der Waals surface area contributed by atoms with Crippen molar-refractivity contribution in [1.82, 2.24) is 4.57 Å². The molecule has 112 valence electrons. The number of hydrogen-bond donors (Lipinski definition) is 0. The quantitative estimate of drug-likeness (QED) is 0.496. The summed E-state index contributed by atoms with van der Waals surface area (Å²) in [5, 5.41) is 0. The molecule has 3 rings (SSSR count). The van der Waals surface area contributed by atoms with E-state index in [1.54, 1.807) is 10.8 Å². The highest BCUT2D eigenvalue weighted by Crippen LogP contribution is 2.37. The summed E-state index contributed by atoms with van der Waals surface area (Å²) in [5.74, 6) is -5.16. The van der Waals surface area contributed by atoms with Gasteiger partial charge in [-0.2, -0.15) is 8.78 Å². The number of nitrogens with zero attached hydrogens (tertiary/aromatic N) is 2. The Morgan fingerprint density at radius 1 is 1.36 bits per heavy atom. The van der Waals surface area contributed by atoms with E-state index in [2.05, 4.69) is 4.85 Å². The number of carbonyl (C=O) groups is 1. The van der Waals surface area contributed by atoms with E-state index < -0.39 is 23.9 Å². The molecule has 0 amide bonds. The zero-order valence-electron chi connectivity index (χ0n) is 11.0. The normalized spacial score (nSPS) is 16.2. The minimum atomic E-state index is -3.34. The first kappa shape index (κ1) is 15.1. The minimum Gasteiger partial charge on any atom is -0.320 e. The predicted octanol–water partition coefficient (Wildman–Crippen LogP) is 4.54. The Labute approximate surface area is 137 Å². The summed E-state index contributed by atoms with van der Waals surface area (Å²) in [4.78, 5) is 15.0. The second-order valence-corrected chi connectivity index (χ2v) is 6.11. The molecule has 1 aromatic carbocycles. The van der Waals surface area contributed by atoms with Gasteiger partial charge >= 0.3 is 5.92 Å². The average Bonchev–Trinajstić information content (AvgIpc) is 2.81. The van der Waals surface area contributed by atoms with E-state index in [1.807, 2.05) is 22.6 Å². The van der Waals surface area contributed by atoms with E-state index in [9.17, 15) is 18.0 Å². The molecule has 0 fully saturated rings. The van der Waals surface area contributed by atoms with E-state index in [1.165, 1.54) is 12.1 Å². The standard InChI is InChI=1S/C15H8F3IN2O/c1-20-11-6-8(2-3-9(11)16)21-7-10(19)13-12(21)4-5-15(17,18)14(13)22/h2-3,6-7H,4-5H2. The number of ketones is 1. The van der Waals surface area contributed by atoms with Crippen LogP contribution in [0.1, 0.15) is 22.5 Å². The first-order valence-electron chi connectivity index (χ1n) is 6.35. The predicted molar refractivity (Wildman–Crippen MR) is 82.3 cm³/mol. The van der Waals surface area contributed by atoms with Gasteiger partial charge in [0.2, 0.25) is 11.5 Å². The molecule has 0 saturated carbocycles. The van der Waals surface area contributed by atoms with Gasteiger partial charge in [0.25, 0.3) is 0 Å². The minimum absolute atomic E-state index is 0.0190. The van der Waals surface area contributed by atoms with Crippen molar-refractivity contribution >= 4 is 34.1 Å². The summed E-state index contributed by atoms with van der Waals surface area (Å²) in [6.45, 7) is 6.94. The van der Waals surface area contributed by atoms with Crippen LogP contribution in [-0.4, -0.2) is 16.3 Å². The number of alkyl halides is 2. The van der Waals surface area contributed by atoms with Gasteiger partial charge in [-0.15, -0.1) is 0 Å². The summed E-state index contributed by atoms with van der Waals surface area (Å²) in [5.41, 5.74) is 0.820. The van der Waals surface area contributed by atoms with Crippen LogP contribution in [0.15, 0.2) is 24.4 Å². The van der Waals surface area contributed by atoms with Crippen LogP contribution in [0.25, 0.3) is 10.5 Å². The molecule has 1 aromatic heterocycles. The first-order valence-corrected chi connectivity index (χ1v) is 7.43. The molecule has 0 aliphatic heterocycles. The van der Waals surface area contributed by atoms with E-state index in [-0.39, 0.29) is 17.7 Å². The van der Waals surface area contributed by atoms with Crippen molar-refractivity contribution in [3.8, 4) is 5.69 Å². The van der Waals surface area contributed by atoms with Gasteiger partial charge in [0.05, 0.1) is 12.1 Å². The molecular weight excluding hydrogens is 408 g/mol. The third-order valence-corrected chi connectivity index (χ3v) is 4.44. The van der Waals surface area contributed by atoms with Crippen molar-refractivity contribution in [2.24, 2.45) is 0 Å².